The molecular formula is C13H16F3NS. The van der Waals surface area contributed by atoms with Crippen LogP contribution in [0, 0.1) is 0 Å². The molecule has 100 valence electrons. The molecule has 0 N–H and O–H groups in total. The SMILES string of the molecule is FC(F)(F)c1cc(CS)ccc1N1CCCCC1. The molecule has 0 bridgehead atoms. The van der Waals surface area contributed by atoms with Gasteiger partial charge in [-0.25, -0.2) is 0 Å². The second-order valence-electron chi connectivity index (χ2n) is 4.56. The van der Waals surface area contributed by atoms with Crippen LogP contribution in [0.2, 0.25) is 0 Å². The van der Waals surface area contributed by atoms with E-state index in [-0.39, 0.29) is 0 Å². The van der Waals surface area contributed by atoms with Crippen LogP contribution in [-0.2, 0) is 11.9 Å². The zero-order valence-electron chi connectivity index (χ0n) is 10.0. The molecule has 0 spiro atoms. The van der Waals surface area contributed by atoms with E-state index in [1.807, 2.05) is 4.90 Å². The van der Waals surface area contributed by atoms with Gasteiger partial charge in [0.25, 0.3) is 0 Å². The van der Waals surface area contributed by atoms with Crippen LogP contribution in [0.5, 0.6) is 0 Å². The molecule has 5 heteroatoms. The molecule has 0 radical (unpaired) electrons. The Kier molecular flexibility index (Phi) is 4.10. The molecule has 1 aromatic rings. The number of hydrogen-bond donors (Lipinski definition) is 1. The number of alkyl halides is 3. The van der Waals surface area contributed by atoms with Crippen molar-refractivity contribution in [1.82, 2.24) is 0 Å². The normalized spacial score (nSPS) is 17.0. The summed E-state index contributed by atoms with van der Waals surface area (Å²) in [6, 6.07) is 4.53. The molecule has 0 saturated carbocycles. The van der Waals surface area contributed by atoms with E-state index >= 15 is 0 Å². The Bertz CT molecular complexity index is 411. The minimum atomic E-state index is -4.30. The van der Waals surface area contributed by atoms with E-state index in [0.717, 1.165) is 19.3 Å². The van der Waals surface area contributed by atoms with Crippen molar-refractivity contribution in [2.24, 2.45) is 0 Å². The van der Waals surface area contributed by atoms with Crippen molar-refractivity contribution in [3.05, 3.63) is 29.3 Å². The van der Waals surface area contributed by atoms with Gasteiger partial charge in [0.1, 0.15) is 0 Å². The standard InChI is InChI=1S/C13H16F3NS/c14-13(15,16)11-8-10(9-18)4-5-12(11)17-6-2-1-3-7-17/h4-5,8,18H,1-3,6-7,9H2. The largest absolute Gasteiger partial charge is 0.418 e. The highest BCUT2D eigenvalue weighted by molar-refractivity contribution is 7.79. The summed E-state index contributed by atoms with van der Waals surface area (Å²) in [5, 5.41) is 0. The number of anilines is 1. The van der Waals surface area contributed by atoms with Gasteiger partial charge in [0, 0.05) is 24.5 Å². The lowest BCUT2D eigenvalue weighted by molar-refractivity contribution is -0.137. The third-order valence-electron chi connectivity index (χ3n) is 3.25. The van der Waals surface area contributed by atoms with Crippen LogP contribution >= 0.6 is 12.6 Å². The Morgan fingerprint density at radius 3 is 2.33 bits per heavy atom. The molecule has 1 aliphatic rings. The molecule has 1 fully saturated rings. The quantitative estimate of drug-likeness (QED) is 0.794. The van der Waals surface area contributed by atoms with Crippen LogP contribution in [0.3, 0.4) is 0 Å². The number of hydrogen-bond acceptors (Lipinski definition) is 2. The summed E-state index contributed by atoms with van der Waals surface area (Å²) in [4.78, 5) is 1.84. The van der Waals surface area contributed by atoms with Crippen molar-refractivity contribution in [1.29, 1.82) is 0 Å². The lowest BCUT2D eigenvalue weighted by Gasteiger charge is -2.31. The van der Waals surface area contributed by atoms with E-state index in [2.05, 4.69) is 12.6 Å². The van der Waals surface area contributed by atoms with Crippen molar-refractivity contribution in [3.8, 4) is 0 Å². The Balaban J connectivity index is 2.38. The van der Waals surface area contributed by atoms with Crippen molar-refractivity contribution >= 4 is 18.3 Å². The molecule has 0 amide bonds. The number of thiol groups is 1. The number of piperidine rings is 1. The molecule has 1 aliphatic heterocycles. The van der Waals surface area contributed by atoms with E-state index in [0.29, 0.717) is 30.1 Å². The average molecular weight is 275 g/mol. The van der Waals surface area contributed by atoms with Gasteiger partial charge in [-0.15, -0.1) is 0 Å². The second-order valence-corrected chi connectivity index (χ2v) is 4.87. The number of nitrogens with zero attached hydrogens (tertiary/aromatic N) is 1. The van der Waals surface area contributed by atoms with Crippen molar-refractivity contribution in [2.75, 3.05) is 18.0 Å². The summed E-state index contributed by atoms with van der Waals surface area (Å²) < 4.78 is 39.2. The van der Waals surface area contributed by atoms with Crippen LogP contribution in [0.15, 0.2) is 18.2 Å². The molecule has 0 unspecified atom stereocenters. The van der Waals surface area contributed by atoms with Crippen molar-refractivity contribution in [3.63, 3.8) is 0 Å². The van der Waals surface area contributed by atoms with E-state index in [1.165, 1.54) is 6.07 Å². The monoisotopic (exact) mass is 275 g/mol. The van der Waals surface area contributed by atoms with Gasteiger partial charge in [0.15, 0.2) is 0 Å². The maximum atomic E-state index is 13.1. The van der Waals surface area contributed by atoms with Gasteiger partial charge in [0.05, 0.1) is 5.56 Å². The first-order valence-corrected chi connectivity index (χ1v) is 6.71. The molecule has 0 aliphatic carbocycles. The lowest BCUT2D eigenvalue weighted by Crippen LogP contribution is -2.31. The highest BCUT2D eigenvalue weighted by Gasteiger charge is 2.35. The first kappa shape index (κ1) is 13.6. The highest BCUT2D eigenvalue weighted by atomic mass is 32.1. The summed E-state index contributed by atoms with van der Waals surface area (Å²) >= 11 is 4.03. The Morgan fingerprint density at radius 2 is 1.78 bits per heavy atom. The van der Waals surface area contributed by atoms with E-state index in [1.54, 1.807) is 12.1 Å². The van der Waals surface area contributed by atoms with Gasteiger partial charge >= 0.3 is 6.18 Å². The summed E-state index contributed by atoms with van der Waals surface area (Å²) in [7, 11) is 0. The zero-order valence-corrected chi connectivity index (χ0v) is 10.9. The summed E-state index contributed by atoms with van der Waals surface area (Å²) in [5.74, 6) is 0.323. The summed E-state index contributed by atoms with van der Waals surface area (Å²) in [6.07, 6.45) is -1.27. The molecule has 2 rings (SSSR count). The van der Waals surface area contributed by atoms with Gasteiger partial charge < -0.3 is 4.90 Å². The molecular weight excluding hydrogens is 259 g/mol. The Hall–Kier alpha value is -0.840. The highest BCUT2D eigenvalue weighted by Crippen LogP contribution is 2.38. The third-order valence-corrected chi connectivity index (χ3v) is 3.61. The minimum Gasteiger partial charge on any atom is -0.371 e. The second kappa shape index (κ2) is 5.43. The van der Waals surface area contributed by atoms with Gasteiger partial charge in [-0.2, -0.15) is 25.8 Å². The first-order valence-electron chi connectivity index (χ1n) is 6.08. The predicted octanol–water partition coefficient (Wildman–Crippen LogP) is 4.13. The topological polar surface area (TPSA) is 3.24 Å². The third kappa shape index (κ3) is 2.94. The molecule has 1 aromatic carbocycles. The fraction of sp³-hybridized carbons (Fsp3) is 0.538. The van der Waals surface area contributed by atoms with Gasteiger partial charge in [-0.1, -0.05) is 6.07 Å². The van der Waals surface area contributed by atoms with E-state index < -0.39 is 11.7 Å². The molecule has 0 atom stereocenters. The summed E-state index contributed by atoms with van der Waals surface area (Å²) in [5.41, 5.74) is 0.384. The Labute approximate surface area is 110 Å². The van der Waals surface area contributed by atoms with Gasteiger partial charge in [-0.3, -0.25) is 0 Å². The first-order chi connectivity index (χ1) is 8.52. The Morgan fingerprint density at radius 1 is 1.11 bits per heavy atom. The number of halogens is 3. The van der Waals surface area contributed by atoms with Crippen LogP contribution in [-0.4, -0.2) is 13.1 Å². The molecule has 18 heavy (non-hydrogen) atoms. The maximum Gasteiger partial charge on any atom is 0.418 e. The molecule has 0 aromatic heterocycles. The van der Waals surface area contributed by atoms with Crippen LogP contribution in [0.4, 0.5) is 18.9 Å². The number of rotatable bonds is 2. The van der Waals surface area contributed by atoms with Crippen LogP contribution < -0.4 is 4.90 Å². The summed E-state index contributed by atoms with van der Waals surface area (Å²) in [6.45, 7) is 1.42. The lowest BCUT2D eigenvalue weighted by atomic mass is 10.0. The molecule has 1 nitrogen and oxygen atoms in total. The van der Waals surface area contributed by atoms with E-state index in [9.17, 15) is 13.2 Å². The maximum absolute atomic E-state index is 13.1. The number of benzene rings is 1. The van der Waals surface area contributed by atoms with E-state index in [4.69, 9.17) is 0 Å². The van der Waals surface area contributed by atoms with Crippen LogP contribution in [0.1, 0.15) is 30.4 Å². The van der Waals surface area contributed by atoms with Crippen molar-refractivity contribution in [2.45, 2.75) is 31.2 Å². The predicted molar refractivity (Wildman–Crippen MR) is 70.2 cm³/mol. The molecule has 1 heterocycles. The zero-order chi connectivity index (χ0) is 13.2. The average Bonchev–Trinajstić information content (AvgIpc) is 2.38. The van der Waals surface area contributed by atoms with Gasteiger partial charge in [0.2, 0.25) is 0 Å². The fourth-order valence-corrected chi connectivity index (χ4v) is 2.52. The van der Waals surface area contributed by atoms with Gasteiger partial charge in [-0.05, 0) is 37.0 Å². The van der Waals surface area contributed by atoms with Crippen molar-refractivity contribution < 1.29 is 13.2 Å². The minimum absolute atomic E-state index is 0.313. The molecule has 1 saturated heterocycles. The fourth-order valence-electron chi connectivity index (χ4n) is 2.32. The van der Waals surface area contributed by atoms with Crippen LogP contribution in [0.25, 0.3) is 0 Å². The smallest absolute Gasteiger partial charge is 0.371 e.